The average molecular weight is 312 g/mol. The van der Waals surface area contributed by atoms with Crippen molar-refractivity contribution in [3.8, 4) is 11.1 Å². The molecule has 3 aromatic heterocycles. The van der Waals surface area contributed by atoms with Crippen LogP contribution in [0.3, 0.4) is 0 Å². The largest absolute Gasteiger partial charge is 0.354 e. The molecule has 24 heavy (non-hydrogen) atoms. The van der Waals surface area contributed by atoms with Gasteiger partial charge in [-0.3, -0.25) is 0 Å². The number of aromatic amines is 1. The van der Waals surface area contributed by atoms with Crippen molar-refractivity contribution in [2.45, 2.75) is 13.8 Å². The van der Waals surface area contributed by atoms with Gasteiger partial charge in [-0.25, -0.2) is 4.52 Å². The molecule has 4 nitrogen and oxygen atoms in total. The summed E-state index contributed by atoms with van der Waals surface area (Å²) in [6.07, 6.45) is 3.81. The van der Waals surface area contributed by atoms with Gasteiger partial charge in [0.1, 0.15) is 0 Å². The van der Waals surface area contributed by atoms with E-state index in [4.69, 9.17) is 0 Å². The molecule has 0 atom stereocenters. The van der Waals surface area contributed by atoms with Crippen molar-refractivity contribution in [1.82, 2.24) is 19.8 Å². The second kappa shape index (κ2) is 4.68. The summed E-state index contributed by atoms with van der Waals surface area (Å²) in [5.41, 5.74) is 8.29. The minimum absolute atomic E-state index is 0.996. The highest BCUT2D eigenvalue weighted by molar-refractivity contribution is 6.13. The van der Waals surface area contributed by atoms with E-state index in [1.807, 2.05) is 10.7 Å². The van der Waals surface area contributed by atoms with Gasteiger partial charge in [0.25, 0.3) is 0 Å². The maximum Gasteiger partial charge on any atom is 0.0865 e. The Morgan fingerprint density at radius 1 is 1.04 bits per heavy atom. The monoisotopic (exact) mass is 312 g/mol. The summed E-state index contributed by atoms with van der Waals surface area (Å²) in [6, 6.07) is 14.9. The quantitative estimate of drug-likeness (QED) is 0.490. The molecular formula is C20H16N4. The summed E-state index contributed by atoms with van der Waals surface area (Å²) in [5, 5.41) is 10.7. The van der Waals surface area contributed by atoms with Crippen LogP contribution in [0.4, 0.5) is 0 Å². The van der Waals surface area contributed by atoms with E-state index in [0.717, 1.165) is 11.1 Å². The zero-order chi connectivity index (χ0) is 16.3. The molecule has 5 rings (SSSR count). The second-order valence-corrected chi connectivity index (χ2v) is 6.31. The van der Waals surface area contributed by atoms with E-state index < -0.39 is 0 Å². The van der Waals surface area contributed by atoms with Crippen LogP contribution in [0.1, 0.15) is 11.1 Å². The summed E-state index contributed by atoms with van der Waals surface area (Å²) in [4.78, 5) is 3.61. The Kier molecular flexibility index (Phi) is 2.59. The van der Waals surface area contributed by atoms with Gasteiger partial charge >= 0.3 is 0 Å². The van der Waals surface area contributed by atoms with E-state index in [2.05, 4.69) is 71.6 Å². The van der Waals surface area contributed by atoms with Crippen LogP contribution in [-0.4, -0.2) is 19.8 Å². The molecule has 0 saturated heterocycles. The van der Waals surface area contributed by atoms with Crippen LogP contribution >= 0.6 is 0 Å². The number of benzene rings is 2. The second-order valence-electron chi connectivity index (χ2n) is 6.31. The molecule has 0 amide bonds. The minimum Gasteiger partial charge on any atom is -0.354 e. The van der Waals surface area contributed by atoms with Crippen LogP contribution < -0.4 is 0 Å². The first-order chi connectivity index (χ1) is 11.7. The van der Waals surface area contributed by atoms with Crippen molar-refractivity contribution in [1.29, 1.82) is 0 Å². The molecule has 0 spiro atoms. The number of rotatable bonds is 1. The summed E-state index contributed by atoms with van der Waals surface area (Å²) in [5.74, 6) is 0. The van der Waals surface area contributed by atoms with Crippen LogP contribution in [0.5, 0.6) is 0 Å². The SMILES string of the molecule is Cc1cc(-c2ccc3cnnn3c2)c2[nH]c3ccccc3c2c1C. The van der Waals surface area contributed by atoms with Crippen LogP contribution in [0.15, 0.2) is 54.9 Å². The number of aromatic nitrogens is 4. The summed E-state index contributed by atoms with van der Waals surface area (Å²) in [7, 11) is 0. The molecule has 0 aliphatic rings. The highest BCUT2D eigenvalue weighted by atomic mass is 15.4. The lowest BCUT2D eigenvalue weighted by atomic mass is 9.96. The van der Waals surface area contributed by atoms with Crippen LogP contribution in [-0.2, 0) is 0 Å². The van der Waals surface area contributed by atoms with Crippen molar-refractivity contribution < 1.29 is 0 Å². The van der Waals surface area contributed by atoms with Gasteiger partial charge in [0, 0.05) is 33.6 Å². The number of hydrogen-bond donors (Lipinski definition) is 1. The highest BCUT2D eigenvalue weighted by Gasteiger charge is 2.14. The molecule has 116 valence electrons. The Balaban J connectivity index is 1.92. The van der Waals surface area contributed by atoms with E-state index in [-0.39, 0.29) is 0 Å². The maximum atomic E-state index is 4.12. The molecule has 0 aliphatic heterocycles. The Morgan fingerprint density at radius 2 is 1.92 bits per heavy atom. The first-order valence-corrected chi connectivity index (χ1v) is 8.03. The molecular weight excluding hydrogens is 296 g/mol. The molecule has 0 bridgehead atoms. The number of hydrogen-bond acceptors (Lipinski definition) is 2. The fourth-order valence-corrected chi connectivity index (χ4v) is 3.54. The number of H-pyrrole nitrogens is 1. The van der Waals surface area contributed by atoms with E-state index in [1.54, 1.807) is 6.20 Å². The van der Waals surface area contributed by atoms with Crippen LogP contribution in [0.2, 0.25) is 0 Å². The van der Waals surface area contributed by atoms with Crippen molar-refractivity contribution in [2.75, 3.05) is 0 Å². The molecule has 5 aromatic rings. The summed E-state index contributed by atoms with van der Waals surface area (Å²) >= 11 is 0. The van der Waals surface area contributed by atoms with Crippen molar-refractivity contribution >= 4 is 27.3 Å². The smallest absolute Gasteiger partial charge is 0.0865 e. The average Bonchev–Trinajstić information content (AvgIpc) is 3.21. The topological polar surface area (TPSA) is 46.0 Å². The van der Waals surface area contributed by atoms with Gasteiger partial charge in [0.2, 0.25) is 0 Å². The first-order valence-electron chi connectivity index (χ1n) is 8.03. The number of para-hydroxylation sites is 1. The number of aryl methyl sites for hydroxylation is 2. The number of nitrogens with zero attached hydrogens (tertiary/aromatic N) is 3. The van der Waals surface area contributed by atoms with E-state index in [0.29, 0.717) is 0 Å². The summed E-state index contributed by atoms with van der Waals surface area (Å²) in [6.45, 7) is 4.37. The lowest BCUT2D eigenvalue weighted by Gasteiger charge is -2.10. The predicted molar refractivity (Wildman–Crippen MR) is 97.3 cm³/mol. The first kappa shape index (κ1) is 13.3. The van der Waals surface area contributed by atoms with Gasteiger partial charge in [-0.05, 0) is 43.2 Å². The molecule has 0 saturated carbocycles. The van der Waals surface area contributed by atoms with Crippen LogP contribution in [0, 0.1) is 13.8 Å². The predicted octanol–water partition coefficient (Wildman–Crippen LogP) is 4.65. The standard InChI is InChI=1S/C20H16N4/c1-12-9-17(14-7-8-15-10-21-23-24(15)11-14)20-19(13(12)2)16-5-3-4-6-18(16)22-20/h3-11,22H,1-2H3. The molecule has 3 heterocycles. The van der Waals surface area contributed by atoms with E-state index >= 15 is 0 Å². The third-order valence-electron chi connectivity index (χ3n) is 4.91. The van der Waals surface area contributed by atoms with Crippen molar-refractivity contribution in [2.24, 2.45) is 0 Å². The number of nitrogens with one attached hydrogen (secondary N) is 1. The van der Waals surface area contributed by atoms with Crippen LogP contribution in [0.25, 0.3) is 38.4 Å². The fourth-order valence-electron chi connectivity index (χ4n) is 3.54. The van der Waals surface area contributed by atoms with E-state index in [1.165, 1.54) is 38.5 Å². The molecule has 2 aromatic carbocycles. The van der Waals surface area contributed by atoms with Gasteiger partial charge < -0.3 is 4.98 Å². The molecule has 0 unspecified atom stereocenters. The van der Waals surface area contributed by atoms with Gasteiger partial charge in [0.05, 0.1) is 17.2 Å². The van der Waals surface area contributed by atoms with Gasteiger partial charge in [-0.1, -0.05) is 29.5 Å². The van der Waals surface area contributed by atoms with Crippen molar-refractivity contribution in [3.05, 3.63) is 66.0 Å². The van der Waals surface area contributed by atoms with Gasteiger partial charge in [-0.15, -0.1) is 5.10 Å². The van der Waals surface area contributed by atoms with Crippen molar-refractivity contribution in [3.63, 3.8) is 0 Å². The molecule has 4 heteroatoms. The van der Waals surface area contributed by atoms with E-state index in [9.17, 15) is 0 Å². The number of fused-ring (bicyclic) bond motifs is 4. The number of pyridine rings is 1. The lowest BCUT2D eigenvalue weighted by molar-refractivity contribution is 0.856. The summed E-state index contributed by atoms with van der Waals surface area (Å²) < 4.78 is 1.82. The third-order valence-corrected chi connectivity index (χ3v) is 4.91. The Bertz CT molecular complexity index is 1230. The Hall–Kier alpha value is -3.14. The highest BCUT2D eigenvalue weighted by Crippen LogP contribution is 2.36. The third kappa shape index (κ3) is 1.74. The van der Waals surface area contributed by atoms with Gasteiger partial charge in [-0.2, -0.15) is 0 Å². The zero-order valence-corrected chi connectivity index (χ0v) is 13.5. The zero-order valence-electron chi connectivity index (χ0n) is 13.5. The minimum atomic E-state index is 0.996. The normalized spacial score (nSPS) is 11.8. The Labute approximate surface area is 138 Å². The molecule has 0 fully saturated rings. The van der Waals surface area contributed by atoms with Gasteiger partial charge in [0.15, 0.2) is 0 Å². The molecule has 1 N–H and O–H groups in total. The molecule has 0 radical (unpaired) electrons. The maximum absolute atomic E-state index is 4.12. The fraction of sp³-hybridized carbons (Fsp3) is 0.100. The lowest BCUT2D eigenvalue weighted by Crippen LogP contribution is -1.91. The molecule has 0 aliphatic carbocycles. The Morgan fingerprint density at radius 3 is 2.83 bits per heavy atom.